The normalized spacial score (nSPS) is 24.3. The van der Waals surface area contributed by atoms with E-state index in [0.717, 1.165) is 25.0 Å². The number of aromatic nitrogens is 2. The predicted octanol–water partition coefficient (Wildman–Crippen LogP) is 3.28. The van der Waals surface area contributed by atoms with Crippen LogP contribution in [0.4, 0.5) is 5.95 Å². The summed E-state index contributed by atoms with van der Waals surface area (Å²) in [4.78, 5) is 11.6. The zero-order valence-corrected chi connectivity index (χ0v) is 13.2. The fourth-order valence-electron chi connectivity index (χ4n) is 3.72. The Balaban J connectivity index is 1.47. The lowest BCUT2D eigenvalue weighted by Gasteiger charge is -2.30. The van der Waals surface area contributed by atoms with Gasteiger partial charge in [0.05, 0.1) is 0 Å². The fourth-order valence-corrected chi connectivity index (χ4v) is 3.72. The second-order valence-corrected chi connectivity index (χ2v) is 6.76. The second kappa shape index (κ2) is 7.21. The van der Waals surface area contributed by atoms with Crippen LogP contribution < -0.4 is 5.32 Å². The summed E-state index contributed by atoms with van der Waals surface area (Å²) in [6, 6.07) is 2.09. The van der Waals surface area contributed by atoms with Gasteiger partial charge < -0.3 is 10.2 Å². The maximum absolute atomic E-state index is 4.71. The molecule has 0 unspecified atom stereocenters. The van der Waals surface area contributed by atoms with Crippen molar-refractivity contribution in [3.8, 4) is 0 Å². The van der Waals surface area contributed by atoms with Crippen molar-refractivity contribution in [3.63, 3.8) is 0 Å². The maximum atomic E-state index is 4.71. The highest BCUT2D eigenvalue weighted by Crippen LogP contribution is 2.32. The number of hydrogen-bond acceptors (Lipinski definition) is 4. The van der Waals surface area contributed by atoms with E-state index in [1.54, 1.807) is 0 Å². The number of anilines is 1. The molecular formula is C17H28N4. The van der Waals surface area contributed by atoms with E-state index in [1.807, 2.05) is 6.20 Å². The molecule has 0 spiro atoms. The van der Waals surface area contributed by atoms with Gasteiger partial charge in [-0.2, -0.15) is 0 Å². The van der Waals surface area contributed by atoms with Crippen molar-refractivity contribution in [1.82, 2.24) is 14.9 Å². The van der Waals surface area contributed by atoms with Crippen LogP contribution in [0, 0.1) is 5.92 Å². The molecule has 2 aliphatic rings. The first kappa shape index (κ1) is 14.8. The average Bonchev–Trinajstić information content (AvgIpc) is 3.02. The molecule has 2 fully saturated rings. The van der Waals surface area contributed by atoms with Crippen molar-refractivity contribution in [2.75, 3.05) is 31.5 Å². The lowest BCUT2D eigenvalue weighted by molar-refractivity contribution is 0.190. The third-order valence-electron chi connectivity index (χ3n) is 4.90. The largest absolute Gasteiger partial charge is 0.353 e. The molecule has 0 radical (unpaired) electrons. The van der Waals surface area contributed by atoms with Gasteiger partial charge in [-0.15, -0.1) is 0 Å². The van der Waals surface area contributed by atoms with E-state index in [9.17, 15) is 0 Å². The zero-order valence-electron chi connectivity index (χ0n) is 13.2. The number of piperidine rings is 1. The molecule has 4 heteroatoms. The van der Waals surface area contributed by atoms with Crippen molar-refractivity contribution in [2.24, 2.45) is 5.92 Å². The van der Waals surface area contributed by atoms with Crippen LogP contribution in [0.5, 0.6) is 0 Å². The summed E-state index contributed by atoms with van der Waals surface area (Å²) in [5.41, 5.74) is 1.23. The van der Waals surface area contributed by atoms with Gasteiger partial charge in [0.1, 0.15) is 0 Å². The first-order valence-electron chi connectivity index (χ1n) is 8.60. The molecule has 0 bridgehead atoms. The first-order valence-corrected chi connectivity index (χ1v) is 8.60. The van der Waals surface area contributed by atoms with E-state index in [1.165, 1.54) is 57.3 Å². The minimum Gasteiger partial charge on any atom is -0.353 e. The molecular weight excluding hydrogens is 260 g/mol. The summed E-state index contributed by atoms with van der Waals surface area (Å²) in [6.45, 7) is 6.88. The van der Waals surface area contributed by atoms with Crippen molar-refractivity contribution in [3.05, 3.63) is 18.0 Å². The summed E-state index contributed by atoms with van der Waals surface area (Å²) >= 11 is 0. The minimum absolute atomic E-state index is 0.663. The molecule has 0 aromatic carbocycles. The van der Waals surface area contributed by atoms with Gasteiger partial charge in [-0.3, -0.25) is 0 Å². The number of likely N-dealkylation sites (tertiary alicyclic amines) is 1. The van der Waals surface area contributed by atoms with Crippen LogP contribution in [0.2, 0.25) is 0 Å². The molecule has 2 heterocycles. The number of nitrogens with one attached hydrogen (secondary N) is 1. The highest BCUT2D eigenvalue weighted by molar-refractivity contribution is 5.26. The molecule has 1 aromatic heterocycles. The lowest BCUT2D eigenvalue weighted by Crippen LogP contribution is -2.37. The van der Waals surface area contributed by atoms with Crippen LogP contribution in [0.15, 0.2) is 12.3 Å². The van der Waals surface area contributed by atoms with Crippen molar-refractivity contribution in [1.29, 1.82) is 0 Å². The molecule has 0 amide bonds. The summed E-state index contributed by atoms with van der Waals surface area (Å²) in [5, 5.41) is 3.41. The van der Waals surface area contributed by atoms with Gasteiger partial charge in [0.2, 0.25) is 5.95 Å². The Morgan fingerprint density at radius 1 is 1.24 bits per heavy atom. The second-order valence-electron chi connectivity index (χ2n) is 6.76. The number of nitrogens with zero attached hydrogens (tertiary/aromatic N) is 3. The molecule has 1 aliphatic heterocycles. The van der Waals surface area contributed by atoms with Crippen LogP contribution in [0.3, 0.4) is 0 Å². The first-order chi connectivity index (χ1) is 10.3. The monoisotopic (exact) mass is 288 g/mol. The maximum Gasteiger partial charge on any atom is 0.222 e. The molecule has 1 N–H and O–H groups in total. The van der Waals surface area contributed by atoms with Crippen molar-refractivity contribution < 1.29 is 0 Å². The standard InChI is InChI=1S/C17H28N4/c1-14-5-4-11-21(13-14)12-10-19-17-18-9-8-16(20-17)15-6-2-3-7-15/h8-9,14-15H,2-7,10-13H2,1H3,(H,18,19,20)/t14-/m0/s1. The third-order valence-corrected chi connectivity index (χ3v) is 4.90. The summed E-state index contributed by atoms with van der Waals surface area (Å²) in [7, 11) is 0. The molecule has 1 saturated heterocycles. The highest BCUT2D eigenvalue weighted by Gasteiger charge is 2.19. The average molecular weight is 288 g/mol. The van der Waals surface area contributed by atoms with Gasteiger partial charge in [0.15, 0.2) is 0 Å². The van der Waals surface area contributed by atoms with Crippen LogP contribution in [-0.2, 0) is 0 Å². The van der Waals surface area contributed by atoms with Crippen LogP contribution >= 0.6 is 0 Å². The summed E-state index contributed by atoms with van der Waals surface area (Å²) in [5.74, 6) is 2.32. The van der Waals surface area contributed by atoms with Gasteiger partial charge in [0, 0.05) is 37.4 Å². The Bertz CT molecular complexity index is 442. The summed E-state index contributed by atoms with van der Waals surface area (Å²) < 4.78 is 0. The quantitative estimate of drug-likeness (QED) is 0.903. The van der Waals surface area contributed by atoms with E-state index < -0.39 is 0 Å². The Kier molecular flexibility index (Phi) is 5.07. The molecule has 1 aromatic rings. The Morgan fingerprint density at radius 2 is 2.10 bits per heavy atom. The van der Waals surface area contributed by atoms with Crippen LogP contribution in [0.1, 0.15) is 57.1 Å². The molecule has 1 saturated carbocycles. The van der Waals surface area contributed by atoms with Crippen molar-refractivity contribution in [2.45, 2.75) is 51.4 Å². The topological polar surface area (TPSA) is 41.0 Å². The van der Waals surface area contributed by atoms with E-state index >= 15 is 0 Å². The van der Waals surface area contributed by atoms with Gasteiger partial charge in [-0.05, 0) is 44.2 Å². The zero-order chi connectivity index (χ0) is 14.5. The van der Waals surface area contributed by atoms with Gasteiger partial charge in [-0.1, -0.05) is 19.8 Å². The third kappa shape index (κ3) is 4.16. The van der Waals surface area contributed by atoms with Crippen molar-refractivity contribution >= 4 is 5.95 Å². The van der Waals surface area contributed by atoms with E-state index in [-0.39, 0.29) is 0 Å². The van der Waals surface area contributed by atoms with Gasteiger partial charge in [-0.25, -0.2) is 9.97 Å². The molecule has 1 atom stereocenters. The minimum atomic E-state index is 0.663. The number of hydrogen-bond donors (Lipinski definition) is 1. The Morgan fingerprint density at radius 3 is 2.90 bits per heavy atom. The van der Waals surface area contributed by atoms with Gasteiger partial charge in [0.25, 0.3) is 0 Å². The summed E-state index contributed by atoms with van der Waals surface area (Å²) in [6.07, 6.45) is 9.93. The molecule has 4 nitrogen and oxygen atoms in total. The van der Waals surface area contributed by atoms with E-state index in [2.05, 4.69) is 28.2 Å². The van der Waals surface area contributed by atoms with E-state index in [0.29, 0.717) is 5.92 Å². The molecule has 116 valence electrons. The Labute approximate surface area is 128 Å². The number of rotatable bonds is 5. The van der Waals surface area contributed by atoms with Crippen LogP contribution in [0.25, 0.3) is 0 Å². The molecule has 3 rings (SSSR count). The fraction of sp³-hybridized carbons (Fsp3) is 0.765. The smallest absolute Gasteiger partial charge is 0.222 e. The Hall–Kier alpha value is -1.16. The molecule has 21 heavy (non-hydrogen) atoms. The van der Waals surface area contributed by atoms with Crippen LogP contribution in [-0.4, -0.2) is 41.0 Å². The lowest BCUT2D eigenvalue weighted by atomic mass is 10.0. The van der Waals surface area contributed by atoms with Gasteiger partial charge >= 0.3 is 0 Å². The van der Waals surface area contributed by atoms with E-state index in [4.69, 9.17) is 4.98 Å². The highest BCUT2D eigenvalue weighted by atomic mass is 15.2. The predicted molar refractivity (Wildman–Crippen MR) is 86.6 cm³/mol. The SMILES string of the molecule is C[C@H]1CCCN(CCNc2nccc(C3CCCC3)n2)C1. The molecule has 1 aliphatic carbocycles.